The second-order valence-corrected chi connectivity index (χ2v) is 8.42. The zero-order valence-electron chi connectivity index (χ0n) is 13.0. The molecule has 0 heterocycles. The van der Waals surface area contributed by atoms with Crippen LogP contribution in [-0.4, -0.2) is 5.78 Å². The minimum Gasteiger partial charge on any atom is -0.299 e. The summed E-state index contributed by atoms with van der Waals surface area (Å²) in [4.78, 5) is 13.0. The van der Waals surface area contributed by atoms with Crippen LogP contribution in [0.3, 0.4) is 0 Å². The average Bonchev–Trinajstić information content (AvgIpc) is 3.12. The molecule has 1 heteroatoms. The van der Waals surface area contributed by atoms with E-state index in [2.05, 4.69) is 18.2 Å². The molecule has 1 nitrogen and oxygen atoms in total. The summed E-state index contributed by atoms with van der Waals surface area (Å²) in [6, 6.07) is 6.79. The Morgan fingerprint density at radius 3 is 3.00 bits per heavy atom. The van der Waals surface area contributed by atoms with E-state index in [-0.39, 0.29) is 5.41 Å². The maximum Gasteiger partial charge on any atom is 0.141 e. The van der Waals surface area contributed by atoms with Crippen molar-refractivity contribution in [1.82, 2.24) is 0 Å². The van der Waals surface area contributed by atoms with Crippen molar-refractivity contribution in [1.29, 1.82) is 0 Å². The molecule has 0 amide bonds. The Bertz CT molecular complexity index is 755. The van der Waals surface area contributed by atoms with Crippen molar-refractivity contribution in [2.24, 2.45) is 17.3 Å². The Labute approximate surface area is 131 Å². The highest BCUT2D eigenvalue weighted by Crippen LogP contribution is 2.67. The molecule has 0 N–H and O–H groups in total. The van der Waals surface area contributed by atoms with Gasteiger partial charge in [-0.15, -0.1) is 0 Å². The van der Waals surface area contributed by atoms with Crippen molar-refractivity contribution in [3.63, 3.8) is 0 Å². The molecule has 112 valence electrons. The average molecular weight is 290 g/mol. The molecule has 7 bridgehead atoms. The van der Waals surface area contributed by atoms with Crippen LogP contribution >= 0.6 is 0 Å². The van der Waals surface area contributed by atoms with Crippen LogP contribution < -0.4 is 0 Å². The van der Waals surface area contributed by atoms with E-state index in [0.29, 0.717) is 18.1 Å². The maximum atomic E-state index is 13.0. The second-order valence-electron chi connectivity index (χ2n) is 8.42. The Morgan fingerprint density at radius 2 is 2.05 bits per heavy atom. The largest absolute Gasteiger partial charge is 0.299 e. The summed E-state index contributed by atoms with van der Waals surface area (Å²) >= 11 is 0. The van der Waals surface area contributed by atoms with Crippen molar-refractivity contribution in [2.75, 3.05) is 0 Å². The molecule has 0 aromatic heterocycles. The van der Waals surface area contributed by atoms with Gasteiger partial charge in [0, 0.05) is 17.8 Å². The fourth-order valence-electron chi connectivity index (χ4n) is 6.97. The molecule has 7 rings (SSSR count). The van der Waals surface area contributed by atoms with Crippen LogP contribution in [0.4, 0.5) is 0 Å². The quantitative estimate of drug-likeness (QED) is 0.649. The van der Waals surface area contributed by atoms with Crippen LogP contribution in [0.25, 0.3) is 0 Å². The number of allylic oxidation sites excluding steroid dienone is 2. The molecule has 1 spiro atoms. The van der Waals surface area contributed by atoms with Gasteiger partial charge >= 0.3 is 0 Å². The second kappa shape index (κ2) is 3.75. The fourth-order valence-corrected chi connectivity index (χ4v) is 6.97. The van der Waals surface area contributed by atoms with E-state index in [1.165, 1.54) is 44.1 Å². The van der Waals surface area contributed by atoms with Crippen molar-refractivity contribution in [3.05, 3.63) is 46.0 Å². The number of benzene rings is 1. The molecule has 6 aliphatic rings. The Balaban J connectivity index is 1.67. The number of hydrogen-bond acceptors (Lipinski definition) is 1. The molecular weight excluding hydrogens is 268 g/mol. The first kappa shape index (κ1) is 12.1. The fraction of sp³-hybridized carbons (Fsp3) is 0.571. The van der Waals surface area contributed by atoms with Crippen LogP contribution in [0.1, 0.15) is 61.1 Å². The summed E-state index contributed by atoms with van der Waals surface area (Å²) in [5.74, 6) is 2.41. The number of carbonyl (C=O) groups excluding carboxylic acids is 1. The summed E-state index contributed by atoms with van der Waals surface area (Å²) in [5, 5.41) is 0. The standard InChI is InChI=1S/C21H22O/c22-20-9-12-2-1-3-15-13-4-5-18-17(8-13)14-6-7-21(18,11-14)19(20)10-16(12)15/h1-3,13-14,19H,4-11H2. The van der Waals surface area contributed by atoms with Gasteiger partial charge in [0.15, 0.2) is 0 Å². The van der Waals surface area contributed by atoms with E-state index in [4.69, 9.17) is 0 Å². The van der Waals surface area contributed by atoms with Crippen LogP contribution in [0, 0.1) is 17.3 Å². The minimum absolute atomic E-state index is 0.289. The topological polar surface area (TPSA) is 17.1 Å². The lowest BCUT2D eigenvalue weighted by Crippen LogP contribution is -2.39. The first-order valence-corrected chi connectivity index (χ1v) is 9.12. The van der Waals surface area contributed by atoms with Gasteiger partial charge in [-0.05, 0) is 73.5 Å². The van der Waals surface area contributed by atoms with Gasteiger partial charge in [0.05, 0.1) is 0 Å². The molecule has 1 aromatic rings. The lowest BCUT2D eigenvalue weighted by atomic mass is 9.62. The number of ketones is 1. The van der Waals surface area contributed by atoms with Gasteiger partial charge in [-0.1, -0.05) is 29.3 Å². The van der Waals surface area contributed by atoms with Gasteiger partial charge in [-0.25, -0.2) is 0 Å². The molecule has 0 saturated heterocycles. The van der Waals surface area contributed by atoms with E-state index in [1.807, 2.05) is 0 Å². The van der Waals surface area contributed by atoms with Crippen molar-refractivity contribution < 1.29 is 4.79 Å². The van der Waals surface area contributed by atoms with Gasteiger partial charge in [-0.3, -0.25) is 4.79 Å². The smallest absolute Gasteiger partial charge is 0.141 e. The zero-order valence-corrected chi connectivity index (χ0v) is 13.0. The summed E-state index contributed by atoms with van der Waals surface area (Å²) < 4.78 is 0. The molecule has 0 aliphatic heterocycles. The number of rotatable bonds is 0. The van der Waals surface area contributed by atoms with E-state index in [9.17, 15) is 4.79 Å². The van der Waals surface area contributed by atoms with E-state index in [1.54, 1.807) is 22.3 Å². The molecule has 22 heavy (non-hydrogen) atoms. The lowest BCUT2D eigenvalue weighted by Gasteiger charge is -2.41. The van der Waals surface area contributed by atoms with Crippen molar-refractivity contribution >= 4 is 5.78 Å². The molecule has 4 atom stereocenters. The van der Waals surface area contributed by atoms with Gasteiger partial charge in [0.1, 0.15) is 5.78 Å². The normalized spacial score (nSPS) is 40.7. The third-order valence-electron chi connectivity index (χ3n) is 7.82. The summed E-state index contributed by atoms with van der Waals surface area (Å²) in [7, 11) is 0. The zero-order chi connectivity index (χ0) is 14.5. The third kappa shape index (κ3) is 1.23. The third-order valence-corrected chi connectivity index (χ3v) is 7.82. The first-order chi connectivity index (χ1) is 10.8. The highest BCUT2D eigenvalue weighted by molar-refractivity contribution is 5.87. The van der Waals surface area contributed by atoms with E-state index < -0.39 is 0 Å². The summed E-state index contributed by atoms with van der Waals surface area (Å²) in [5.41, 5.74) is 8.39. The van der Waals surface area contributed by atoms with Crippen molar-refractivity contribution in [3.8, 4) is 0 Å². The summed E-state index contributed by atoms with van der Waals surface area (Å²) in [6.45, 7) is 0. The van der Waals surface area contributed by atoms with Gasteiger partial charge in [-0.2, -0.15) is 0 Å². The van der Waals surface area contributed by atoms with Gasteiger partial charge in [0.25, 0.3) is 0 Å². The Hall–Kier alpha value is -1.37. The predicted molar refractivity (Wildman–Crippen MR) is 85.7 cm³/mol. The highest BCUT2D eigenvalue weighted by atomic mass is 16.1. The minimum atomic E-state index is 0.289. The van der Waals surface area contributed by atoms with E-state index >= 15 is 0 Å². The van der Waals surface area contributed by atoms with Gasteiger partial charge in [0.2, 0.25) is 0 Å². The van der Waals surface area contributed by atoms with E-state index in [0.717, 1.165) is 18.3 Å². The number of fused-ring (bicyclic) bond motifs is 2. The Morgan fingerprint density at radius 1 is 1.09 bits per heavy atom. The van der Waals surface area contributed by atoms with Crippen LogP contribution in [-0.2, 0) is 17.6 Å². The van der Waals surface area contributed by atoms with Crippen LogP contribution in [0.15, 0.2) is 29.3 Å². The number of hydrogen-bond donors (Lipinski definition) is 0. The predicted octanol–water partition coefficient (Wildman–Crippen LogP) is 4.35. The maximum absolute atomic E-state index is 13.0. The van der Waals surface area contributed by atoms with Gasteiger partial charge < -0.3 is 0 Å². The van der Waals surface area contributed by atoms with Crippen molar-refractivity contribution in [2.45, 2.75) is 57.3 Å². The Kier molecular flexibility index (Phi) is 2.06. The molecule has 1 aromatic carbocycles. The monoisotopic (exact) mass is 290 g/mol. The molecule has 0 radical (unpaired) electrons. The van der Waals surface area contributed by atoms with Crippen LogP contribution in [0.2, 0.25) is 0 Å². The lowest BCUT2D eigenvalue weighted by molar-refractivity contribution is -0.126. The summed E-state index contributed by atoms with van der Waals surface area (Å²) in [6.07, 6.45) is 9.64. The SMILES string of the molecule is O=C1Cc2cccc3c2CC1C12CCC(C1)C1=C2CCC3C1. The molecular formula is C21H22O. The molecule has 6 aliphatic carbocycles. The number of Topliss-reactive ketones (excluding diaryl/α,β-unsaturated/α-hetero) is 1. The van der Waals surface area contributed by atoms with Crippen LogP contribution in [0.5, 0.6) is 0 Å². The molecule has 4 unspecified atom stereocenters. The molecule has 1 fully saturated rings. The first-order valence-electron chi connectivity index (χ1n) is 9.12. The number of carbonyl (C=O) groups is 1. The highest BCUT2D eigenvalue weighted by Gasteiger charge is 2.58. The molecule has 1 saturated carbocycles.